The average Bonchev–Trinajstić information content (AvgIpc) is 3.49. The van der Waals surface area contributed by atoms with Gasteiger partial charge in [-0.3, -0.25) is 9.59 Å². The average molecular weight is 431 g/mol. The van der Waals surface area contributed by atoms with Crippen LogP contribution in [-0.2, 0) is 22.7 Å². The summed E-state index contributed by atoms with van der Waals surface area (Å²) in [5.74, 6) is -0.250. The molecule has 0 radical (unpaired) electrons. The van der Waals surface area contributed by atoms with Crippen LogP contribution >= 0.6 is 11.3 Å². The number of benzene rings is 1. The van der Waals surface area contributed by atoms with Crippen LogP contribution < -0.4 is 0 Å². The zero-order chi connectivity index (χ0) is 21.5. The summed E-state index contributed by atoms with van der Waals surface area (Å²) < 4.78 is 13.3. The van der Waals surface area contributed by atoms with E-state index < -0.39 is 0 Å². The topological polar surface area (TPSA) is 40.6 Å². The van der Waals surface area contributed by atoms with Crippen LogP contribution in [-0.4, -0.2) is 34.2 Å². The Morgan fingerprint density at radius 2 is 1.80 bits per heavy atom. The Morgan fingerprint density at radius 3 is 2.40 bits per heavy atom. The summed E-state index contributed by atoms with van der Waals surface area (Å²) >= 11 is 1.63. The monoisotopic (exact) mass is 430 g/mol. The number of hydrogen-bond donors (Lipinski definition) is 0. The summed E-state index contributed by atoms with van der Waals surface area (Å²) in [4.78, 5) is 30.7. The van der Waals surface area contributed by atoms with Crippen molar-refractivity contribution in [2.75, 3.05) is 6.54 Å². The van der Waals surface area contributed by atoms with E-state index in [2.05, 4.69) is 6.92 Å². The number of rotatable bonds is 11. The number of halogens is 1. The molecular weight excluding hydrogens is 399 g/mol. The molecule has 1 aliphatic rings. The molecule has 2 aromatic rings. The highest BCUT2D eigenvalue weighted by molar-refractivity contribution is 7.10. The van der Waals surface area contributed by atoms with E-state index in [-0.39, 0.29) is 30.2 Å². The molecule has 1 fully saturated rings. The van der Waals surface area contributed by atoms with Crippen LogP contribution in [0.5, 0.6) is 0 Å². The lowest BCUT2D eigenvalue weighted by Gasteiger charge is -2.28. The normalized spacial score (nSPS) is 13.3. The lowest BCUT2D eigenvalue weighted by Crippen LogP contribution is -2.43. The molecule has 2 amide bonds. The molecule has 0 unspecified atom stereocenters. The first kappa shape index (κ1) is 22.5. The Morgan fingerprint density at radius 1 is 1.07 bits per heavy atom. The Bertz CT molecular complexity index is 845. The van der Waals surface area contributed by atoms with E-state index in [0.29, 0.717) is 19.5 Å². The second-order valence-electron chi connectivity index (χ2n) is 8.11. The molecule has 1 saturated carbocycles. The van der Waals surface area contributed by atoms with E-state index in [9.17, 15) is 14.0 Å². The molecule has 6 heteroatoms. The number of carbonyl (C=O) groups excluding carboxylic acids is 2. The van der Waals surface area contributed by atoms with Gasteiger partial charge < -0.3 is 9.80 Å². The van der Waals surface area contributed by atoms with Crippen molar-refractivity contribution < 1.29 is 14.0 Å². The van der Waals surface area contributed by atoms with E-state index in [1.165, 1.54) is 12.1 Å². The van der Waals surface area contributed by atoms with E-state index in [1.54, 1.807) is 33.3 Å². The van der Waals surface area contributed by atoms with E-state index in [0.717, 1.165) is 48.1 Å². The molecular formula is C24H31FN2O2S. The first-order valence-electron chi connectivity index (χ1n) is 10.8. The second-order valence-corrected chi connectivity index (χ2v) is 9.11. The third kappa shape index (κ3) is 6.39. The summed E-state index contributed by atoms with van der Waals surface area (Å²) in [6, 6.07) is 8.52. The fraction of sp³-hybridized carbons (Fsp3) is 0.500. The number of thiophene rings is 1. The highest BCUT2D eigenvalue weighted by Gasteiger charge is 2.34. The SMILES string of the molecule is CCCCCC(=O)N(CC(=O)N(Cc1ccc(F)cc1)Cc1sccc1C)C1CC1. The summed E-state index contributed by atoms with van der Waals surface area (Å²) in [5, 5.41) is 2.03. The van der Waals surface area contributed by atoms with E-state index in [4.69, 9.17) is 0 Å². The molecule has 30 heavy (non-hydrogen) atoms. The van der Waals surface area contributed by atoms with Crippen LogP contribution in [0.2, 0.25) is 0 Å². The Kier molecular flexibility index (Phi) is 8.02. The van der Waals surface area contributed by atoms with Crippen LogP contribution in [0.4, 0.5) is 4.39 Å². The number of unbranched alkanes of at least 4 members (excludes halogenated alkanes) is 2. The maximum atomic E-state index is 13.3. The van der Waals surface area contributed by atoms with Gasteiger partial charge in [-0.05, 0) is 60.9 Å². The fourth-order valence-electron chi connectivity index (χ4n) is 3.50. The minimum atomic E-state index is -0.289. The Balaban J connectivity index is 1.71. The smallest absolute Gasteiger partial charge is 0.242 e. The standard InChI is InChI=1S/C24H31FN2O2S/c1-3-4-5-6-23(28)27(21-11-12-21)17-24(29)26(16-22-18(2)13-14-30-22)15-19-7-9-20(25)10-8-19/h7-10,13-14,21H,3-6,11-12,15-17H2,1-2H3. The molecule has 0 atom stereocenters. The van der Waals surface area contributed by atoms with E-state index in [1.807, 2.05) is 18.4 Å². The first-order chi connectivity index (χ1) is 14.5. The van der Waals surface area contributed by atoms with Crippen molar-refractivity contribution in [3.8, 4) is 0 Å². The summed E-state index contributed by atoms with van der Waals surface area (Å²) in [5.41, 5.74) is 2.04. The molecule has 0 saturated heterocycles. The van der Waals surface area contributed by atoms with Crippen molar-refractivity contribution in [1.82, 2.24) is 9.80 Å². The van der Waals surface area contributed by atoms with Crippen LogP contribution in [0, 0.1) is 12.7 Å². The third-order valence-corrected chi connectivity index (χ3v) is 6.56. The van der Waals surface area contributed by atoms with Gasteiger partial charge in [0.25, 0.3) is 0 Å². The third-order valence-electron chi connectivity index (χ3n) is 5.55. The number of carbonyl (C=O) groups is 2. The van der Waals surface area contributed by atoms with Gasteiger partial charge in [0.15, 0.2) is 0 Å². The summed E-state index contributed by atoms with van der Waals surface area (Å²) in [7, 11) is 0. The quantitative estimate of drug-likeness (QED) is 0.454. The molecule has 4 nitrogen and oxygen atoms in total. The van der Waals surface area contributed by atoms with Gasteiger partial charge in [0, 0.05) is 23.9 Å². The number of amides is 2. The zero-order valence-corrected chi connectivity index (χ0v) is 18.7. The lowest BCUT2D eigenvalue weighted by molar-refractivity contribution is -0.141. The summed E-state index contributed by atoms with van der Waals surface area (Å²) in [6.45, 7) is 5.19. The molecule has 1 aliphatic carbocycles. The van der Waals surface area contributed by atoms with Gasteiger partial charge in [0.2, 0.25) is 11.8 Å². The molecule has 1 heterocycles. The molecule has 1 aromatic heterocycles. The highest BCUT2D eigenvalue weighted by Crippen LogP contribution is 2.28. The predicted molar refractivity (Wildman–Crippen MR) is 119 cm³/mol. The highest BCUT2D eigenvalue weighted by atomic mass is 32.1. The molecule has 3 rings (SSSR count). The van der Waals surface area contributed by atoms with Gasteiger partial charge in [-0.15, -0.1) is 11.3 Å². The number of aryl methyl sites for hydroxylation is 1. The first-order valence-corrected chi connectivity index (χ1v) is 11.7. The van der Waals surface area contributed by atoms with Crippen molar-refractivity contribution in [3.63, 3.8) is 0 Å². The van der Waals surface area contributed by atoms with Gasteiger partial charge in [0.05, 0.1) is 6.54 Å². The van der Waals surface area contributed by atoms with Crippen LogP contribution in [0.25, 0.3) is 0 Å². The number of nitrogens with zero attached hydrogens (tertiary/aromatic N) is 2. The Labute approximate surface area is 182 Å². The van der Waals surface area contributed by atoms with Crippen molar-refractivity contribution >= 4 is 23.2 Å². The van der Waals surface area contributed by atoms with E-state index >= 15 is 0 Å². The van der Waals surface area contributed by atoms with Gasteiger partial charge >= 0.3 is 0 Å². The van der Waals surface area contributed by atoms with Crippen molar-refractivity contribution in [3.05, 3.63) is 57.5 Å². The molecule has 0 bridgehead atoms. The fourth-order valence-corrected chi connectivity index (χ4v) is 4.43. The largest absolute Gasteiger partial charge is 0.332 e. The zero-order valence-electron chi connectivity index (χ0n) is 17.9. The molecule has 0 spiro atoms. The maximum absolute atomic E-state index is 13.3. The van der Waals surface area contributed by atoms with Crippen LogP contribution in [0.15, 0.2) is 35.7 Å². The van der Waals surface area contributed by atoms with Crippen LogP contribution in [0.3, 0.4) is 0 Å². The minimum Gasteiger partial charge on any atom is -0.332 e. The van der Waals surface area contributed by atoms with Gasteiger partial charge in [-0.2, -0.15) is 0 Å². The molecule has 0 N–H and O–H groups in total. The molecule has 162 valence electrons. The van der Waals surface area contributed by atoms with Crippen molar-refractivity contribution in [2.45, 2.75) is 71.5 Å². The van der Waals surface area contributed by atoms with Gasteiger partial charge in [-0.25, -0.2) is 4.39 Å². The number of hydrogen-bond acceptors (Lipinski definition) is 3. The lowest BCUT2D eigenvalue weighted by atomic mass is 10.1. The van der Waals surface area contributed by atoms with Gasteiger partial charge in [0.1, 0.15) is 12.4 Å². The summed E-state index contributed by atoms with van der Waals surface area (Å²) in [6.07, 6.45) is 5.46. The van der Waals surface area contributed by atoms with Crippen molar-refractivity contribution in [2.24, 2.45) is 0 Å². The minimum absolute atomic E-state index is 0.0529. The van der Waals surface area contributed by atoms with Crippen molar-refractivity contribution in [1.29, 1.82) is 0 Å². The Hall–Kier alpha value is -2.21. The van der Waals surface area contributed by atoms with Crippen LogP contribution in [0.1, 0.15) is 61.5 Å². The maximum Gasteiger partial charge on any atom is 0.242 e. The predicted octanol–water partition coefficient (Wildman–Crippen LogP) is 5.30. The molecule has 1 aromatic carbocycles. The van der Waals surface area contributed by atoms with Gasteiger partial charge in [-0.1, -0.05) is 31.9 Å². The second kappa shape index (κ2) is 10.7. The molecule has 0 aliphatic heterocycles.